The molecule has 10 heteroatoms. The molecule has 1 aromatic carbocycles. The van der Waals surface area contributed by atoms with Crippen LogP contribution in [0.15, 0.2) is 33.6 Å². The number of ether oxygens (including phenoxy) is 1. The molecule has 0 aliphatic rings. The van der Waals surface area contributed by atoms with Gasteiger partial charge < -0.3 is 19.6 Å². The minimum Gasteiger partial charge on any atom is -0.496 e. The van der Waals surface area contributed by atoms with E-state index in [1.807, 2.05) is 0 Å². The van der Waals surface area contributed by atoms with Crippen LogP contribution in [-0.4, -0.2) is 39.1 Å². The van der Waals surface area contributed by atoms with E-state index in [9.17, 15) is 18.0 Å². The maximum absolute atomic E-state index is 12.1. The summed E-state index contributed by atoms with van der Waals surface area (Å²) in [5, 5.41) is 16.6. The van der Waals surface area contributed by atoms with E-state index in [0.717, 1.165) is 6.07 Å². The van der Waals surface area contributed by atoms with Gasteiger partial charge in [0, 0.05) is 12.6 Å². The van der Waals surface area contributed by atoms with E-state index >= 15 is 0 Å². The fourth-order valence-corrected chi connectivity index (χ4v) is 3.06. The first-order valence-electron chi connectivity index (χ1n) is 7.45. The van der Waals surface area contributed by atoms with Crippen molar-refractivity contribution in [2.75, 3.05) is 13.7 Å². The highest BCUT2D eigenvalue weighted by Gasteiger charge is 2.21. The summed E-state index contributed by atoms with van der Waals surface area (Å²) in [5.41, 5.74) is 0.801. The second-order valence-electron chi connectivity index (χ2n) is 5.41. The average molecular weight is 382 g/mol. The van der Waals surface area contributed by atoms with Crippen molar-refractivity contribution >= 4 is 21.9 Å². The third kappa shape index (κ3) is 4.41. The number of hydrogen-bond acceptors (Lipinski definition) is 6. The molecule has 9 nitrogen and oxygen atoms in total. The number of benzene rings is 1. The van der Waals surface area contributed by atoms with E-state index in [1.54, 1.807) is 6.07 Å². The fourth-order valence-electron chi connectivity index (χ4n) is 2.34. The first kappa shape index (κ1) is 19.5. The predicted octanol–water partition coefficient (Wildman–Crippen LogP) is 0.915. The molecule has 1 amide bonds. The number of amides is 1. The van der Waals surface area contributed by atoms with Gasteiger partial charge in [0.15, 0.2) is 5.76 Å². The summed E-state index contributed by atoms with van der Waals surface area (Å²) in [7, 11) is -2.55. The van der Waals surface area contributed by atoms with Gasteiger partial charge in [0.2, 0.25) is 10.0 Å². The van der Waals surface area contributed by atoms with Gasteiger partial charge in [-0.3, -0.25) is 4.79 Å². The molecule has 2 rings (SSSR count). The zero-order valence-electron chi connectivity index (χ0n) is 14.1. The van der Waals surface area contributed by atoms with Gasteiger partial charge in [-0.1, -0.05) is 6.07 Å². The SMILES string of the molecule is COc1cc(C(=O)O)ccc1CCNC(=O)c1cc(S(N)(=O)=O)c(C)o1. The molecule has 1 heterocycles. The van der Waals surface area contributed by atoms with Gasteiger partial charge in [0.25, 0.3) is 5.91 Å². The van der Waals surface area contributed by atoms with Crippen LogP contribution in [0.3, 0.4) is 0 Å². The molecule has 1 aromatic heterocycles. The third-order valence-corrected chi connectivity index (χ3v) is 4.63. The second-order valence-corrected chi connectivity index (χ2v) is 6.94. The largest absolute Gasteiger partial charge is 0.496 e. The van der Waals surface area contributed by atoms with E-state index < -0.39 is 21.9 Å². The molecule has 0 unspecified atom stereocenters. The molecule has 26 heavy (non-hydrogen) atoms. The number of carboxylic acids is 1. The van der Waals surface area contributed by atoms with Gasteiger partial charge >= 0.3 is 5.97 Å². The van der Waals surface area contributed by atoms with Crippen LogP contribution in [0.1, 0.15) is 32.2 Å². The van der Waals surface area contributed by atoms with Crippen LogP contribution in [-0.2, 0) is 16.4 Å². The molecule has 0 aliphatic heterocycles. The molecule has 140 valence electrons. The number of methoxy groups -OCH3 is 1. The highest BCUT2D eigenvalue weighted by atomic mass is 32.2. The Balaban J connectivity index is 2.04. The Kier molecular flexibility index (Phi) is 5.68. The van der Waals surface area contributed by atoms with Crippen LogP contribution in [0.5, 0.6) is 5.75 Å². The molecule has 0 atom stereocenters. The predicted molar refractivity (Wildman–Crippen MR) is 90.8 cm³/mol. The van der Waals surface area contributed by atoms with Gasteiger partial charge in [0.1, 0.15) is 16.4 Å². The van der Waals surface area contributed by atoms with E-state index in [2.05, 4.69) is 5.32 Å². The molecular formula is C16H18N2O7S. The number of aryl methyl sites for hydroxylation is 1. The van der Waals surface area contributed by atoms with Crippen LogP contribution in [0.4, 0.5) is 0 Å². The lowest BCUT2D eigenvalue weighted by molar-refractivity contribution is 0.0696. The number of nitrogens with two attached hydrogens (primary N) is 1. The summed E-state index contributed by atoms with van der Waals surface area (Å²) in [5.74, 6) is -1.40. The van der Waals surface area contributed by atoms with Crippen molar-refractivity contribution in [3.63, 3.8) is 0 Å². The molecule has 0 spiro atoms. The average Bonchev–Trinajstić information content (AvgIpc) is 2.97. The summed E-state index contributed by atoms with van der Waals surface area (Å²) in [4.78, 5) is 22.8. The topological polar surface area (TPSA) is 149 Å². The van der Waals surface area contributed by atoms with Crippen LogP contribution in [0.25, 0.3) is 0 Å². The first-order chi connectivity index (χ1) is 12.1. The number of carbonyl (C=O) groups is 2. The van der Waals surface area contributed by atoms with Crippen molar-refractivity contribution in [2.45, 2.75) is 18.2 Å². The van der Waals surface area contributed by atoms with Crippen LogP contribution < -0.4 is 15.2 Å². The Morgan fingerprint density at radius 3 is 2.54 bits per heavy atom. The van der Waals surface area contributed by atoms with Crippen molar-refractivity contribution in [3.05, 3.63) is 46.9 Å². The van der Waals surface area contributed by atoms with Crippen molar-refractivity contribution in [1.82, 2.24) is 5.32 Å². The summed E-state index contributed by atoms with van der Waals surface area (Å²) in [6.07, 6.45) is 0.372. The van der Waals surface area contributed by atoms with Gasteiger partial charge in [0.05, 0.1) is 12.7 Å². The number of furan rings is 1. The maximum atomic E-state index is 12.1. The number of nitrogens with one attached hydrogen (secondary N) is 1. The van der Waals surface area contributed by atoms with E-state index in [1.165, 1.54) is 26.2 Å². The summed E-state index contributed by atoms with van der Waals surface area (Å²) in [6, 6.07) is 5.51. The minimum atomic E-state index is -3.97. The molecule has 0 aliphatic carbocycles. The highest BCUT2D eigenvalue weighted by molar-refractivity contribution is 7.89. The lowest BCUT2D eigenvalue weighted by Crippen LogP contribution is -2.25. The van der Waals surface area contributed by atoms with Crippen LogP contribution in [0, 0.1) is 6.92 Å². The molecule has 2 aromatic rings. The number of aromatic carboxylic acids is 1. The zero-order chi connectivity index (χ0) is 19.5. The standard InChI is InChI=1S/C16H18N2O7S/c1-9-14(26(17,22)23)8-13(25-9)15(19)18-6-5-10-3-4-11(16(20)21)7-12(10)24-2/h3-4,7-8H,5-6H2,1-2H3,(H,18,19)(H,20,21)(H2,17,22,23). The minimum absolute atomic E-state index is 0.0311. The zero-order valence-corrected chi connectivity index (χ0v) is 14.9. The highest BCUT2D eigenvalue weighted by Crippen LogP contribution is 2.21. The maximum Gasteiger partial charge on any atom is 0.335 e. The number of sulfonamides is 1. The number of hydrogen-bond donors (Lipinski definition) is 3. The van der Waals surface area contributed by atoms with Gasteiger partial charge in [-0.2, -0.15) is 0 Å². The number of carboxylic acid groups (broad SMARTS) is 1. The number of rotatable bonds is 7. The molecule has 0 bridgehead atoms. The van der Waals surface area contributed by atoms with E-state index in [4.69, 9.17) is 19.4 Å². The Labute approximate surface area is 149 Å². The summed E-state index contributed by atoms with van der Waals surface area (Å²) >= 11 is 0. The number of carbonyl (C=O) groups excluding carboxylic acids is 1. The normalized spacial score (nSPS) is 11.2. The number of primary sulfonamides is 1. The van der Waals surface area contributed by atoms with Gasteiger partial charge in [-0.15, -0.1) is 0 Å². The van der Waals surface area contributed by atoms with Crippen molar-refractivity contribution in [1.29, 1.82) is 0 Å². The molecule has 0 fully saturated rings. The van der Waals surface area contributed by atoms with E-state index in [0.29, 0.717) is 17.7 Å². The quantitative estimate of drug-likeness (QED) is 0.644. The van der Waals surface area contributed by atoms with Crippen molar-refractivity contribution in [2.24, 2.45) is 5.14 Å². The van der Waals surface area contributed by atoms with Crippen molar-refractivity contribution in [3.8, 4) is 5.75 Å². The molecular weight excluding hydrogens is 364 g/mol. The van der Waals surface area contributed by atoms with Gasteiger partial charge in [-0.05, 0) is 31.0 Å². The molecule has 0 radical (unpaired) electrons. The Morgan fingerprint density at radius 1 is 1.31 bits per heavy atom. The Morgan fingerprint density at radius 2 is 2.00 bits per heavy atom. The van der Waals surface area contributed by atoms with E-state index in [-0.39, 0.29) is 28.5 Å². The van der Waals surface area contributed by atoms with Crippen molar-refractivity contribution < 1.29 is 32.3 Å². The molecule has 4 N–H and O–H groups in total. The molecule has 0 saturated carbocycles. The fraction of sp³-hybridized carbons (Fsp3) is 0.250. The Bertz CT molecular complexity index is 948. The summed E-state index contributed by atoms with van der Waals surface area (Å²) in [6.45, 7) is 1.59. The smallest absolute Gasteiger partial charge is 0.335 e. The first-order valence-corrected chi connectivity index (χ1v) is 8.99. The third-order valence-electron chi connectivity index (χ3n) is 3.62. The second kappa shape index (κ2) is 7.58. The summed E-state index contributed by atoms with van der Waals surface area (Å²) < 4.78 is 33.0. The lowest BCUT2D eigenvalue weighted by atomic mass is 10.1. The van der Waals surface area contributed by atoms with Crippen LogP contribution in [0.2, 0.25) is 0 Å². The van der Waals surface area contributed by atoms with Gasteiger partial charge in [-0.25, -0.2) is 18.4 Å². The monoisotopic (exact) mass is 382 g/mol. The Hall–Kier alpha value is -2.85. The van der Waals surface area contributed by atoms with Crippen LogP contribution >= 0.6 is 0 Å². The molecule has 0 saturated heterocycles. The lowest BCUT2D eigenvalue weighted by Gasteiger charge is -2.10.